The van der Waals surface area contributed by atoms with Crippen molar-refractivity contribution < 1.29 is 19.6 Å². The first-order chi connectivity index (χ1) is 19.0. The first kappa shape index (κ1) is 25.2. The van der Waals surface area contributed by atoms with Gasteiger partial charge < -0.3 is 10.6 Å². The van der Waals surface area contributed by atoms with E-state index >= 15 is 0 Å². The van der Waals surface area contributed by atoms with Crippen LogP contribution in [-0.4, -0.2) is 32.9 Å². The van der Waals surface area contributed by atoms with E-state index in [0.29, 0.717) is 33.5 Å². The van der Waals surface area contributed by atoms with Gasteiger partial charge in [-0.15, -0.1) is 0 Å². The molecule has 3 amide bonds. The number of hydrogen-bond donors (Lipinski definition) is 4. The molecule has 4 N–H and O–H groups in total. The van der Waals surface area contributed by atoms with Crippen LogP contribution >= 0.6 is 0 Å². The van der Waals surface area contributed by atoms with Crippen molar-refractivity contribution in [3.8, 4) is 0 Å². The van der Waals surface area contributed by atoms with E-state index in [1.165, 1.54) is 11.6 Å². The lowest BCUT2D eigenvalue weighted by Crippen LogP contribution is -2.32. The molecule has 192 valence electrons. The van der Waals surface area contributed by atoms with Crippen molar-refractivity contribution in [1.82, 2.24) is 15.4 Å². The van der Waals surface area contributed by atoms with Crippen LogP contribution < -0.4 is 16.1 Å². The Morgan fingerprint density at radius 1 is 0.718 bits per heavy atom. The van der Waals surface area contributed by atoms with Gasteiger partial charge in [0, 0.05) is 29.2 Å². The number of aromatic nitrogens is 2. The number of rotatable bonds is 7. The average molecular weight is 518 g/mol. The number of carbonyl (C=O) groups is 3. The number of hydroxylamine groups is 1. The molecule has 0 unspecified atom stereocenters. The van der Waals surface area contributed by atoms with E-state index < -0.39 is 23.6 Å². The summed E-state index contributed by atoms with van der Waals surface area (Å²) in [6.45, 7) is 0. The molecule has 0 aliphatic carbocycles. The lowest BCUT2D eigenvalue weighted by Gasteiger charge is -2.19. The predicted molar refractivity (Wildman–Crippen MR) is 149 cm³/mol. The Morgan fingerprint density at radius 3 is 1.82 bits per heavy atom. The molecule has 0 radical (unpaired) electrons. The van der Waals surface area contributed by atoms with E-state index in [1.54, 1.807) is 73.1 Å². The number of nitrogens with one attached hydrogen (secondary N) is 3. The highest BCUT2D eigenvalue weighted by atomic mass is 16.5. The summed E-state index contributed by atoms with van der Waals surface area (Å²) in [6, 6.07) is 24.9. The summed E-state index contributed by atoms with van der Waals surface area (Å²) >= 11 is 0. The summed E-state index contributed by atoms with van der Waals surface area (Å²) in [5.41, 5.74) is 4.61. The maximum Gasteiger partial charge on any atom is 0.267 e. The second-order valence-electron chi connectivity index (χ2n) is 8.65. The van der Waals surface area contributed by atoms with Crippen molar-refractivity contribution in [3.05, 3.63) is 115 Å². The van der Waals surface area contributed by atoms with Gasteiger partial charge in [0.2, 0.25) is 11.8 Å². The molecule has 0 atom stereocenters. The van der Waals surface area contributed by atoms with Crippen LogP contribution in [0.2, 0.25) is 0 Å². The van der Waals surface area contributed by atoms with Crippen LogP contribution in [0.5, 0.6) is 0 Å². The van der Waals surface area contributed by atoms with Gasteiger partial charge in [-0.2, -0.15) is 0 Å². The van der Waals surface area contributed by atoms with Gasteiger partial charge in [-0.05, 0) is 41.5 Å². The Hall–Kier alpha value is -5.41. The van der Waals surface area contributed by atoms with Gasteiger partial charge in [0.1, 0.15) is 5.92 Å². The SMILES string of the molecule is O=C(C=Cc1cccc(C(C(=O)Nc2cccc3cccnc23)C(=O)Nc2cccc3cccnc23)c1)NO. The highest BCUT2D eigenvalue weighted by Crippen LogP contribution is 2.27. The number of carbonyl (C=O) groups excluding carboxylic acids is 3. The van der Waals surface area contributed by atoms with E-state index in [2.05, 4.69) is 20.6 Å². The van der Waals surface area contributed by atoms with Crippen molar-refractivity contribution in [2.75, 3.05) is 10.6 Å². The highest BCUT2D eigenvalue weighted by molar-refractivity contribution is 6.17. The fourth-order valence-corrected chi connectivity index (χ4v) is 4.29. The molecule has 39 heavy (non-hydrogen) atoms. The Kier molecular flexibility index (Phi) is 7.33. The van der Waals surface area contributed by atoms with Gasteiger partial charge in [0.05, 0.1) is 22.4 Å². The number of anilines is 2. The molecule has 5 rings (SSSR count). The third kappa shape index (κ3) is 5.63. The van der Waals surface area contributed by atoms with Crippen LogP contribution in [0.25, 0.3) is 27.9 Å². The van der Waals surface area contributed by atoms with Crippen LogP contribution in [0.1, 0.15) is 17.0 Å². The molecule has 0 saturated heterocycles. The topological polar surface area (TPSA) is 133 Å². The van der Waals surface area contributed by atoms with E-state index in [-0.39, 0.29) is 0 Å². The van der Waals surface area contributed by atoms with Crippen molar-refractivity contribution in [2.45, 2.75) is 5.92 Å². The highest BCUT2D eigenvalue weighted by Gasteiger charge is 2.30. The Balaban J connectivity index is 1.52. The van der Waals surface area contributed by atoms with Crippen molar-refractivity contribution >= 4 is 57.0 Å². The summed E-state index contributed by atoms with van der Waals surface area (Å²) < 4.78 is 0. The van der Waals surface area contributed by atoms with Crippen LogP contribution in [0.4, 0.5) is 11.4 Å². The molecular formula is C30H23N5O4. The minimum atomic E-state index is -1.26. The molecule has 9 nitrogen and oxygen atoms in total. The smallest absolute Gasteiger partial charge is 0.267 e. The van der Waals surface area contributed by atoms with Crippen LogP contribution in [-0.2, 0) is 14.4 Å². The minimum Gasteiger partial charge on any atom is -0.323 e. The summed E-state index contributed by atoms with van der Waals surface area (Å²) in [6.07, 6.45) is 5.87. The largest absolute Gasteiger partial charge is 0.323 e. The van der Waals surface area contributed by atoms with E-state index in [0.717, 1.165) is 16.8 Å². The lowest BCUT2D eigenvalue weighted by molar-refractivity contribution is -0.126. The van der Waals surface area contributed by atoms with Crippen LogP contribution in [0.15, 0.2) is 103 Å². The zero-order chi connectivity index (χ0) is 27.2. The van der Waals surface area contributed by atoms with Crippen LogP contribution in [0.3, 0.4) is 0 Å². The monoisotopic (exact) mass is 517 g/mol. The number of para-hydroxylation sites is 2. The number of benzene rings is 3. The van der Waals surface area contributed by atoms with E-state index in [1.807, 2.05) is 24.3 Å². The van der Waals surface area contributed by atoms with Crippen LogP contribution in [0, 0.1) is 0 Å². The normalized spacial score (nSPS) is 11.1. The molecule has 9 heteroatoms. The predicted octanol–water partition coefficient (Wildman–Crippen LogP) is 4.66. The molecule has 2 aromatic heterocycles. The number of pyridine rings is 2. The third-order valence-electron chi connectivity index (χ3n) is 6.09. The van der Waals surface area contributed by atoms with Crippen molar-refractivity contribution in [1.29, 1.82) is 0 Å². The maximum absolute atomic E-state index is 13.7. The standard InChI is InChI=1S/C30H23N5O4/c36-25(35-39)15-14-19-6-1-9-22(18-19)26(29(37)33-23-12-2-7-20-10-4-16-31-27(20)23)30(38)34-24-13-3-8-21-11-5-17-32-28(21)24/h1-18,26,39H,(H,33,37)(H,34,38)(H,35,36). The molecule has 0 bridgehead atoms. The zero-order valence-electron chi connectivity index (χ0n) is 20.5. The van der Waals surface area contributed by atoms with Gasteiger partial charge in [-0.3, -0.25) is 29.6 Å². The van der Waals surface area contributed by atoms with E-state index in [9.17, 15) is 14.4 Å². The summed E-state index contributed by atoms with van der Waals surface area (Å²) in [4.78, 5) is 47.7. The quantitative estimate of drug-likeness (QED) is 0.107. The summed E-state index contributed by atoms with van der Waals surface area (Å²) in [7, 11) is 0. The Bertz CT molecular complexity index is 1630. The zero-order valence-corrected chi connectivity index (χ0v) is 20.5. The fourth-order valence-electron chi connectivity index (χ4n) is 4.29. The molecule has 3 aromatic carbocycles. The summed E-state index contributed by atoms with van der Waals surface area (Å²) in [5.74, 6) is -3.09. The van der Waals surface area contributed by atoms with E-state index in [4.69, 9.17) is 5.21 Å². The Morgan fingerprint density at radius 2 is 1.26 bits per heavy atom. The Labute approximate surface area is 223 Å². The summed E-state index contributed by atoms with van der Waals surface area (Å²) in [5, 5.41) is 16.2. The molecule has 0 fully saturated rings. The first-order valence-corrected chi connectivity index (χ1v) is 12.0. The maximum atomic E-state index is 13.7. The number of fused-ring (bicyclic) bond motifs is 2. The fraction of sp³-hybridized carbons (Fsp3) is 0.0333. The molecule has 0 aliphatic heterocycles. The second kappa shape index (κ2) is 11.3. The average Bonchev–Trinajstić information content (AvgIpc) is 2.96. The number of amides is 3. The van der Waals surface area contributed by atoms with Crippen molar-refractivity contribution in [3.63, 3.8) is 0 Å². The van der Waals surface area contributed by atoms with Gasteiger partial charge in [-0.25, -0.2) is 5.48 Å². The third-order valence-corrected chi connectivity index (χ3v) is 6.09. The molecule has 0 spiro atoms. The first-order valence-electron chi connectivity index (χ1n) is 12.0. The molecular weight excluding hydrogens is 494 g/mol. The minimum absolute atomic E-state index is 0.401. The number of nitrogens with zero attached hydrogens (tertiary/aromatic N) is 2. The van der Waals surface area contributed by atoms with Gasteiger partial charge in [-0.1, -0.05) is 60.7 Å². The molecule has 2 heterocycles. The molecule has 0 aliphatic rings. The van der Waals surface area contributed by atoms with Gasteiger partial charge >= 0.3 is 0 Å². The lowest BCUT2D eigenvalue weighted by atomic mass is 9.94. The van der Waals surface area contributed by atoms with Gasteiger partial charge in [0.25, 0.3) is 5.91 Å². The number of hydrogen-bond acceptors (Lipinski definition) is 6. The molecule has 5 aromatic rings. The second-order valence-corrected chi connectivity index (χ2v) is 8.65. The van der Waals surface area contributed by atoms with Crippen molar-refractivity contribution in [2.24, 2.45) is 0 Å². The molecule has 0 saturated carbocycles. The van der Waals surface area contributed by atoms with Gasteiger partial charge in [0.15, 0.2) is 0 Å².